The Bertz CT molecular complexity index is 656. The van der Waals surface area contributed by atoms with Gasteiger partial charge in [0, 0.05) is 51.4 Å². The Morgan fingerprint density at radius 3 is 2.55 bits per heavy atom. The molecule has 1 aromatic rings. The molecule has 0 aromatic heterocycles. The first-order valence-electron chi connectivity index (χ1n) is 11.2. The second kappa shape index (κ2) is 11.0. The number of nitrogens with zero attached hydrogens (tertiary/aromatic N) is 3. The fourth-order valence-corrected chi connectivity index (χ4v) is 4.14. The van der Waals surface area contributed by atoms with Gasteiger partial charge in [0.15, 0.2) is 5.96 Å². The molecule has 2 heterocycles. The van der Waals surface area contributed by atoms with Crippen LogP contribution in [0.25, 0.3) is 0 Å². The number of likely N-dealkylation sites (tertiary alicyclic amines) is 1. The predicted octanol–water partition coefficient (Wildman–Crippen LogP) is 2.30. The van der Waals surface area contributed by atoms with Crippen molar-refractivity contribution in [1.82, 2.24) is 20.4 Å². The van der Waals surface area contributed by atoms with Crippen LogP contribution in [0.4, 0.5) is 0 Å². The third-order valence-corrected chi connectivity index (χ3v) is 6.06. The first kappa shape index (κ1) is 22.1. The number of guanidine groups is 1. The molecule has 2 saturated heterocycles. The topological polar surface area (TPSA) is 52.1 Å². The fourth-order valence-electron chi connectivity index (χ4n) is 4.14. The molecule has 2 aliphatic rings. The van der Waals surface area contributed by atoms with Crippen LogP contribution in [0.15, 0.2) is 29.3 Å². The van der Waals surface area contributed by atoms with Gasteiger partial charge in [-0.05, 0) is 37.8 Å². The van der Waals surface area contributed by atoms with Crippen LogP contribution in [0.5, 0.6) is 0 Å². The Morgan fingerprint density at radius 1 is 1.17 bits per heavy atom. The van der Waals surface area contributed by atoms with E-state index in [0.717, 1.165) is 58.4 Å². The lowest BCUT2D eigenvalue weighted by atomic mass is 10.1. The molecule has 162 valence electrons. The monoisotopic (exact) mass is 401 g/mol. The van der Waals surface area contributed by atoms with E-state index in [1.54, 1.807) is 0 Å². The van der Waals surface area contributed by atoms with Crippen LogP contribution in [0.1, 0.15) is 38.8 Å². The third kappa shape index (κ3) is 6.43. The van der Waals surface area contributed by atoms with Gasteiger partial charge in [-0.15, -0.1) is 0 Å². The molecule has 2 N–H and O–H groups in total. The zero-order chi connectivity index (χ0) is 20.6. The molecule has 6 heteroatoms. The first-order valence-corrected chi connectivity index (χ1v) is 11.2. The lowest BCUT2D eigenvalue weighted by Gasteiger charge is -2.27. The third-order valence-electron chi connectivity index (χ3n) is 6.06. The summed E-state index contributed by atoms with van der Waals surface area (Å²) in [6.45, 7) is 17.5. The lowest BCUT2D eigenvalue weighted by molar-refractivity contribution is 0.0341. The summed E-state index contributed by atoms with van der Waals surface area (Å²) in [6, 6.07) is 9.73. The molecule has 2 fully saturated rings. The lowest BCUT2D eigenvalue weighted by Crippen LogP contribution is -2.46. The predicted molar refractivity (Wildman–Crippen MR) is 120 cm³/mol. The van der Waals surface area contributed by atoms with Crippen molar-refractivity contribution in [2.45, 2.75) is 52.9 Å². The van der Waals surface area contributed by atoms with Gasteiger partial charge in [-0.3, -0.25) is 9.80 Å². The summed E-state index contributed by atoms with van der Waals surface area (Å²) in [5.41, 5.74) is 2.67. The molecule has 2 atom stereocenters. The van der Waals surface area contributed by atoms with Gasteiger partial charge in [-0.25, -0.2) is 4.99 Å². The van der Waals surface area contributed by atoms with Crippen molar-refractivity contribution in [3.63, 3.8) is 0 Å². The average molecular weight is 402 g/mol. The highest BCUT2D eigenvalue weighted by molar-refractivity contribution is 5.80. The van der Waals surface area contributed by atoms with Gasteiger partial charge < -0.3 is 15.4 Å². The minimum Gasteiger partial charge on any atom is -0.379 e. The standard InChI is InChI=1S/C23H39N5O/c1-5-24-23(26-22-17-28(18(2)3)15-19(22)4)25-14-20-8-6-7-9-21(20)16-27-10-12-29-13-11-27/h6-9,18-19,22H,5,10-17H2,1-4H3,(H2,24,25,26). The molecule has 2 aliphatic heterocycles. The van der Waals surface area contributed by atoms with Crippen LogP contribution in [0, 0.1) is 5.92 Å². The molecule has 6 nitrogen and oxygen atoms in total. The maximum atomic E-state index is 5.48. The van der Waals surface area contributed by atoms with Crippen LogP contribution >= 0.6 is 0 Å². The van der Waals surface area contributed by atoms with Gasteiger partial charge in [-0.2, -0.15) is 0 Å². The van der Waals surface area contributed by atoms with Gasteiger partial charge in [0.05, 0.1) is 19.8 Å². The average Bonchev–Trinajstić information content (AvgIpc) is 3.09. The summed E-state index contributed by atoms with van der Waals surface area (Å²) < 4.78 is 5.48. The number of morpholine rings is 1. The molecular formula is C23H39N5O. The van der Waals surface area contributed by atoms with E-state index in [9.17, 15) is 0 Å². The van der Waals surface area contributed by atoms with E-state index in [1.807, 2.05) is 0 Å². The quantitative estimate of drug-likeness (QED) is 0.542. The van der Waals surface area contributed by atoms with Gasteiger partial charge in [0.25, 0.3) is 0 Å². The number of hydrogen-bond acceptors (Lipinski definition) is 4. The molecule has 3 rings (SSSR count). The summed E-state index contributed by atoms with van der Waals surface area (Å²) in [4.78, 5) is 9.95. The highest BCUT2D eigenvalue weighted by Gasteiger charge is 2.31. The number of aliphatic imine (C=N–C) groups is 1. The van der Waals surface area contributed by atoms with Crippen molar-refractivity contribution in [2.75, 3.05) is 45.9 Å². The van der Waals surface area contributed by atoms with Gasteiger partial charge in [-0.1, -0.05) is 31.2 Å². The number of benzene rings is 1. The van der Waals surface area contributed by atoms with Crippen molar-refractivity contribution >= 4 is 5.96 Å². The van der Waals surface area contributed by atoms with Gasteiger partial charge in [0.1, 0.15) is 0 Å². The van der Waals surface area contributed by atoms with E-state index in [0.29, 0.717) is 24.5 Å². The van der Waals surface area contributed by atoms with Crippen molar-refractivity contribution < 1.29 is 4.74 Å². The van der Waals surface area contributed by atoms with Crippen LogP contribution in [0.2, 0.25) is 0 Å². The zero-order valence-corrected chi connectivity index (χ0v) is 18.7. The van der Waals surface area contributed by atoms with E-state index in [-0.39, 0.29) is 0 Å². The Labute approximate surface area is 176 Å². The Kier molecular flexibility index (Phi) is 8.33. The number of hydrogen-bond donors (Lipinski definition) is 2. The van der Waals surface area contributed by atoms with Crippen molar-refractivity contribution in [2.24, 2.45) is 10.9 Å². The zero-order valence-electron chi connectivity index (χ0n) is 18.7. The van der Waals surface area contributed by atoms with Crippen LogP contribution in [-0.2, 0) is 17.8 Å². The molecule has 0 spiro atoms. The first-order chi connectivity index (χ1) is 14.1. The highest BCUT2D eigenvalue weighted by atomic mass is 16.5. The normalized spacial score (nSPS) is 24.2. The smallest absolute Gasteiger partial charge is 0.191 e. The number of rotatable bonds is 7. The molecule has 0 bridgehead atoms. The SMILES string of the molecule is CCNC(=NCc1ccccc1CN1CCOCC1)NC1CN(C(C)C)CC1C. The number of nitrogens with one attached hydrogen (secondary N) is 2. The van der Waals surface area contributed by atoms with E-state index in [2.05, 4.69) is 72.4 Å². The summed E-state index contributed by atoms with van der Waals surface area (Å²) in [5, 5.41) is 7.13. The van der Waals surface area contributed by atoms with Gasteiger partial charge in [0.2, 0.25) is 0 Å². The molecule has 29 heavy (non-hydrogen) atoms. The van der Waals surface area contributed by atoms with Crippen LogP contribution in [-0.4, -0.2) is 73.8 Å². The second-order valence-electron chi connectivity index (χ2n) is 8.63. The van der Waals surface area contributed by atoms with Crippen LogP contribution in [0.3, 0.4) is 0 Å². The minimum atomic E-state index is 0.443. The molecule has 0 saturated carbocycles. The molecular weight excluding hydrogens is 362 g/mol. The maximum Gasteiger partial charge on any atom is 0.191 e. The Morgan fingerprint density at radius 2 is 1.90 bits per heavy atom. The van der Waals surface area contributed by atoms with Gasteiger partial charge >= 0.3 is 0 Å². The van der Waals surface area contributed by atoms with Crippen LogP contribution < -0.4 is 10.6 Å². The minimum absolute atomic E-state index is 0.443. The summed E-state index contributed by atoms with van der Waals surface area (Å²) >= 11 is 0. The summed E-state index contributed by atoms with van der Waals surface area (Å²) in [5.74, 6) is 1.55. The Hall–Kier alpha value is -1.63. The van der Waals surface area contributed by atoms with E-state index >= 15 is 0 Å². The largest absolute Gasteiger partial charge is 0.379 e. The molecule has 1 aromatic carbocycles. The van der Waals surface area contributed by atoms with Crippen molar-refractivity contribution in [1.29, 1.82) is 0 Å². The Balaban J connectivity index is 1.64. The molecule has 2 unspecified atom stereocenters. The van der Waals surface area contributed by atoms with E-state index < -0.39 is 0 Å². The van der Waals surface area contributed by atoms with E-state index in [4.69, 9.17) is 9.73 Å². The summed E-state index contributed by atoms with van der Waals surface area (Å²) in [7, 11) is 0. The van der Waals surface area contributed by atoms with Crippen molar-refractivity contribution in [3.8, 4) is 0 Å². The molecule has 0 amide bonds. The van der Waals surface area contributed by atoms with E-state index in [1.165, 1.54) is 11.1 Å². The molecule has 0 radical (unpaired) electrons. The molecule has 0 aliphatic carbocycles. The fraction of sp³-hybridized carbons (Fsp3) is 0.696. The summed E-state index contributed by atoms with van der Waals surface area (Å²) in [6.07, 6.45) is 0. The second-order valence-corrected chi connectivity index (χ2v) is 8.63. The highest BCUT2D eigenvalue weighted by Crippen LogP contribution is 2.19. The number of ether oxygens (including phenoxy) is 1. The van der Waals surface area contributed by atoms with Crippen molar-refractivity contribution in [3.05, 3.63) is 35.4 Å². The maximum absolute atomic E-state index is 5.48.